The normalized spacial score (nSPS) is 9.36. The molecular weight excluding hydrogens is 162 g/mol. The average molecular weight is 176 g/mol. The zero-order valence-electron chi connectivity index (χ0n) is 6.87. The van der Waals surface area contributed by atoms with Crippen molar-refractivity contribution in [2.24, 2.45) is 5.73 Å². The SMILES string of the molecule is Cc1ncn(CCN)c1C.Cl. The van der Waals surface area contributed by atoms with Gasteiger partial charge in [-0.3, -0.25) is 0 Å². The van der Waals surface area contributed by atoms with Crippen LogP contribution in [0.1, 0.15) is 11.4 Å². The maximum Gasteiger partial charge on any atom is 0.0951 e. The van der Waals surface area contributed by atoms with Gasteiger partial charge in [0.05, 0.1) is 12.0 Å². The summed E-state index contributed by atoms with van der Waals surface area (Å²) in [6, 6.07) is 0. The highest BCUT2D eigenvalue weighted by molar-refractivity contribution is 5.85. The minimum absolute atomic E-state index is 0. The third kappa shape index (κ3) is 2.20. The zero-order valence-corrected chi connectivity index (χ0v) is 7.69. The Labute approximate surface area is 73.0 Å². The summed E-state index contributed by atoms with van der Waals surface area (Å²) in [5.74, 6) is 0. The van der Waals surface area contributed by atoms with Crippen molar-refractivity contribution in [3.8, 4) is 0 Å². The summed E-state index contributed by atoms with van der Waals surface area (Å²) in [7, 11) is 0. The summed E-state index contributed by atoms with van der Waals surface area (Å²) in [4.78, 5) is 4.14. The number of nitrogens with two attached hydrogens (primary N) is 1. The molecule has 2 N–H and O–H groups in total. The van der Waals surface area contributed by atoms with E-state index in [0.29, 0.717) is 6.54 Å². The maximum absolute atomic E-state index is 5.39. The first-order valence-electron chi connectivity index (χ1n) is 3.44. The van der Waals surface area contributed by atoms with E-state index in [9.17, 15) is 0 Å². The minimum atomic E-state index is 0. The van der Waals surface area contributed by atoms with Crippen molar-refractivity contribution < 1.29 is 0 Å². The van der Waals surface area contributed by atoms with Crippen LogP contribution in [0.2, 0.25) is 0 Å². The Morgan fingerprint density at radius 1 is 1.55 bits per heavy atom. The van der Waals surface area contributed by atoms with Crippen LogP contribution in [-0.4, -0.2) is 16.1 Å². The lowest BCUT2D eigenvalue weighted by Crippen LogP contribution is -2.09. The van der Waals surface area contributed by atoms with Gasteiger partial charge in [0.1, 0.15) is 0 Å². The smallest absolute Gasteiger partial charge is 0.0951 e. The third-order valence-electron chi connectivity index (χ3n) is 1.72. The molecule has 1 aromatic rings. The van der Waals surface area contributed by atoms with Gasteiger partial charge in [-0.1, -0.05) is 0 Å². The molecule has 0 fully saturated rings. The van der Waals surface area contributed by atoms with Gasteiger partial charge in [-0.05, 0) is 13.8 Å². The second kappa shape index (κ2) is 4.36. The van der Waals surface area contributed by atoms with E-state index in [0.717, 1.165) is 12.2 Å². The summed E-state index contributed by atoms with van der Waals surface area (Å²) in [6.07, 6.45) is 1.83. The fraction of sp³-hybridized carbons (Fsp3) is 0.571. The molecule has 1 heterocycles. The molecule has 64 valence electrons. The summed E-state index contributed by atoms with van der Waals surface area (Å²) in [5.41, 5.74) is 7.69. The number of nitrogens with zero attached hydrogens (tertiary/aromatic N) is 2. The van der Waals surface area contributed by atoms with Gasteiger partial charge in [-0.2, -0.15) is 0 Å². The number of hydrogen-bond donors (Lipinski definition) is 1. The first-order valence-corrected chi connectivity index (χ1v) is 3.44. The summed E-state index contributed by atoms with van der Waals surface area (Å²) >= 11 is 0. The lowest BCUT2D eigenvalue weighted by molar-refractivity contribution is 0.688. The molecule has 0 radical (unpaired) electrons. The van der Waals surface area contributed by atoms with Crippen molar-refractivity contribution in [1.82, 2.24) is 9.55 Å². The van der Waals surface area contributed by atoms with Crippen molar-refractivity contribution in [2.45, 2.75) is 20.4 Å². The quantitative estimate of drug-likeness (QED) is 0.726. The Morgan fingerprint density at radius 2 is 2.18 bits per heavy atom. The lowest BCUT2D eigenvalue weighted by Gasteiger charge is -2.00. The predicted octanol–water partition coefficient (Wildman–Crippen LogP) is 0.880. The number of imidazole rings is 1. The van der Waals surface area contributed by atoms with Crippen LogP contribution in [0.25, 0.3) is 0 Å². The first kappa shape index (κ1) is 10.5. The van der Waals surface area contributed by atoms with Crippen LogP contribution in [-0.2, 0) is 6.54 Å². The van der Waals surface area contributed by atoms with Gasteiger partial charge in [0.25, 0.3) is 0 Å². The molecule has 0 saturated heterocycles. The fourth-order valence-electron chi connectivity index (χ4n) is 0.909. The molecule has 0 aliphatic carbocycles. The van der Waals surface area contributed by atoms with E-state index < -0.39 is 0 Å². The van der Waals surface area contributed by atoms with Crippen LogP contribution in [0.3, 0.4) is 0 Å². The molecule has 0 atom stereocenters. The topological polar surface area (TPSA) is 43.8 Å². The van der Waals surface area contributed by atoms with Crippen LogP contribution in [0.5, 0.6) is 0 Å². The Kier molecular flexibility index (Phi) is 4.15. The van der Waals surface area contributed by atoms with Crippen LogP contribution in [0.4, 0.5) is 0 Å². The lowest BCUT2D eigenvalue weighted by atomic mass is 10.4. The molecule has 0 aromatic carbocycles. The van der Waals surface area contributed by atoms with Crippen molar-refractivity contribution in [1.29, 1.82) is 0 Å². The highest BCUT2D eigenvalue weighted by atomic mass is 35.5. The average Bonchev–Trinajstić information content (AvgIpc) is 2.20. The molecule has 0 aliphatic rings. The van der Waals surface area contributed by atoms with Crippen molar-refractivity contribution >= 4 is 12.4 Å². The number of aromatic nitrogens is 2. The van der Waals surface area contributed by atoms with E-state index in [1.54, 1.807) is 0 Å². The summed E-state index contributed by atoms with van der Waals surface area (Å²) in [5, 5.41) is 0. The standard InChI is InChI=1S/C7H13N3.ClH/c1-6-7(2)10(4-3-8)5-9-6;/h5H,3-4,8H2,1-2H3;1H. The molecule has 0 aliphatic heterocycles. The summed E-state index contributed by atoms with van der Waals surface area (Å²) in [6.45, 7) is 5.60. The van der Waals surface area contributed by atoms with E-state index in [-0.39, 0.29) is 12.4 Å². The number of hydrogen-bond acceptors (Lipinski definition) is 2. The van der Waals surface area contributed by atoms with E-state index in [2.05, 4.69) is 16.5 Å². The van der Waals surface area contributed by atoms with Gasteiger partial charge in [0.15, 0.2) is 0 Å². The van der Waals surface area contributed by atoms with Crippen molar-refractivity contribution in [2.75, 3.05) is 6.54 Å². The van der Waals surface area contributed by atoms with Gasteiger partial charge in [-0.25, -0.2) is 4.98 Å². The van der Waals surface area contributed by atoms with Gasteiger partial charge >= 0.3 is 0 Å². The molecule has 0 unspecified atom stereocenters. The number of halogens is 1. The largest absolute Gasteiger partial charge is 0.333 e. The van der Waals surface area contributed by atoms with Crippen molar-refractivity contribution in [3.05, 3.63) is 17.7 Å². The Morgan fingerprint density at radius 3 is 2.55 bits per heavy atom. The Bertz CT molecular complexity index is 219. The van der Waals surface area contributed by atoms with E-state index in [4.69, 9.17) is 5.73 Å². The molecule has 11 heavy (non-hydrogen) atoms. The molecule has 0 bridgehead atoms. The molecule has 1 rings (SSSR count). The van der Waals surface area contributed by atoms with Gasteiger partial charge < -0.3 is 10.3 Å². The monoisotopic (exact) mass is 175 g/mol. The maximum atomic E-state index is 5.39. The van der Waals surface area contributed by atoms with E-state index in [1.165, 1.54) is 5.69 Å². The molecule has 3 nitrogen and oxygen atoms in total. The summed E-state index contributed by atoms with van der Waals surface area (Å²) < 4.78 is 2.06. The van der Waals surface area contributed by atoms with Crippen molar-refractivity contribution in [3.63, 3.8) is 0 Å². The first-order chi connectivity index (χ1) is 4.75. The van der Waals surface area contributed by atoms with E-state index in [1.807, 2.05) is 13.3 Å². The molecule has 1 aromatic heterocycles. The second-order valence-electron chi connectivity index (χ2n) is 2.40. The van der Waals surface area contributed by atoms with Gasteiger partial charge in [0, 0.05) is 18.8 Å². The molecule has 4 heteroatoms. The number of rotatable bonds is 2. The minimum Gasteiger partial charge on any atom is -0.333 e. The highest BCUT2D eigenvalue weighted by Crippen LogP contribution is 2.02. The van der Waals surface area contributed by atoms with Crippen LogP contribution < -0.4 is 5.73 Å². The van der Waals surface area contributed by atoms with Crippen LogP contribution in [0.15, 0.2) is 6.33 Å². The van der Waals surface area contributed by atoms with Gasteiger partial charge in [0.2, 0.25) is 0 Å². The fourth-order valence-corrected chi connectivity index (χ4v) is 0.909. The Hall–Kier alpha value is -0.540. The highest BCUT2D eigenvalue weighted by Gasteiger charge is 1.98. The van der Waals surface area contributed by atoms with Gasteiger partial charge in [-0.15, -0.1) is 12.4 Å². The predicted molar refractivity (Wildman–Crippen MR) is 48.0 cm³/mol. The molecule has 0 amide bonds. The third-order valence-corrected chi connectivity index (χ3v) is 1.72. The zero-order chi connectivity index (χ0) is 7.56. The molecule has 0 spiro atoms. The van der Waals surface area contributed by atoms with Crippen LogP contribution in [0, 0.1) is 13.8 Å². The van der Waals surface area contributed by atoms with E-state index >= 15 is 0 Å². The molecule has 0 saturated carbocycles. The van der Waals surface area contributed by atoms with Crippen LogP contribution >= 0.6 is 12.4 Å². The molecular formula is C7H14ClN3. The Balaban J connectivity index is 0.000001000. The number of aryl methyl sites for hydroxylation is 1. The second-order valence-corrected chi connectivity index (χ2v) is 2.40.